The summed E-state index contributed by atoms with van der Waals surface area (Å²) >= 11 is 0. The summed E-state index contributed by atoms with van der Waals surface area (Å²) in [5.41, 5.74) is 0. The van der Waals surface area contributed by atoms with Gasteiger partial charge < -0.3 is 4.48 Å². The molecule has 0 heterocycles. The first-order valence-electron chi connectivity index (χ1n) is 15.0. The predicted molar refractivity (Wildman–Crippen MR) is 144 cm³/mol. The highest BCUT2D eigenvalue weighted by molar-refractivity contribution is 4.51. The van der Waals surface area contributed by atoms with E-state index in [9.17, 15) is 0 Å². The second kappa shape index (κ2) is 24.6. The van der Waals surface area contributed by atoms with E-state index in [1.54, 1.807) is 0 Å². The van der Waals surface area contributed by atoms with Gasteiger partial charge in [-0.1, -0.05) is 136 Å². The van der Waals surface area contributed by atoms with Crippen molar-refractivity contribution in [1.29, 1.82) is 0 Å². The summed E-state index contributed by atoms with van der Waals surface area (Å²) in [6.07, 6.45) is 33.4. The molecule has 0 radical (unpaired) electrons. The fourth-order valence-corrected chi connectivity index (χ4v) is 5.01. The average Bonchev–Trinajstić information content (AvgIpc) is 2.77. The molecule has 0 rings (SSSR count). The van der Waals surface area contributed by atoms with Crippen LogP contribution in [0.5, 0.6) is 0 Å². The second-order valence-corrected chi connectivity index (χ2v) is 10.9. The molecule has 0 aliphatic rings. The van der Waals surface area contributed by atoms with Crippen LogP contribution in [0.15, 0.2) is 0 Å². The van der Waals surface area contributed by atoms with Crippen molar-refractivity contribution in [3.63, 3.8) is 0 Å². The van der Waals surface area contributed by atoms with Crippen LogP contribution in [0.1, 0.15) is 168 Å². The van der Waals surface area contributed by atoms with Gasteiger partial charge in [0, 0.05) is 0 Å². The van der Waals surface area contributed by atoms with Gasteiger partial charge in [0.15, 0.2) is 0 Å². The zero-order valence-corrected chi connectivity index (χ0v) is 22.8. The van der Waals surface area contributed by atoms with E-state index in [0.29, 0.717) is 0 Å². The molecule has 1 atom stereocenters. The van der Waals surface area contributed by atoms with Crippen molar-refractivity contribution in [2.75, 3.05) is 26.7 Å². The molecule has 1 heteroatoms. The summed E-state index contributed by atoms with van der Waals surface area (Å²) in [5.74, 6) is 0. The molecular formula is C30H64N+. The van der Waals surface area contributed by atoms with Crippen LogP contribution in [-0.4, -0.2) is 31.2 Å². The number of hydrogen-bond donors (Lipinski definition) is 0. The van der Waals surface area contributed by atoms with Crippen molar-refractivity contribution < 1.29 is 4.48 Å². The summed E-state index contributed by atoms with van der Waals surface area (Å²) in [5, 5.41) is 0. The SMILES string of the molecule is CCCCCCCCCCCCC[N+](C)(CCCC)CCCCCCCCCCCC. The molecule has 0 saturated carbocycles. The molecule has 0 aromatic rings. The Kier molecular flexibility index (Phi) is 24.6. The molecule has 0 aromatic carbocycles. The zero-order chi connectivity index (χ0) is 22.9. The Hall–Kier alpha value is -0.0400. The minimum atomic E-state index is 1.35. The average molecular weight is 439 g/mol. The smallest absolute Gasteiger partial charge is 0.0784 e. The molecular weight excluding hydrogens is 374 g/mol. The molecule has 0 amide bonds. The van der Waals surface area contributed by atoms with Gasteiger partial charge in [0.2, 0.25) is 0 Å². The third-order valence-corrected chi connectivity index (χ3v) is 7.40. The highest BCUT2D eigenvalue weighted by atomic mass is 15.3. The van der Waals surface area contributed by atoms with Gasteiger partial charge in [-0.05, 0) is 32.1 Å². The number of rotatable bonds is 26. The van der Waals surface area contributed by atoms with Gasteiger partial charge in [-0.2, -0.15) is 0 Å². The molecule has 0 aliphatic carbocycles. The van der Waals surface area contributed by atoms with Crippen molar-refractivity contribution in [2.24, 2.45) is 0 Å². The maximum atomic E-state index is 2.56. The lowest BCUT2D eigenvalue weighted by molar-refractivity contribution is -0.910. The Labute approximate surface area is 199 Å². The summed E-state index contributed by atoms with van der Waals surface area (Å²) in [4.78, 5) is 0. The van der Waals surface area contributed by atoms with Crippen molar-refractivity contribution in [2.45, 2.75) is 168 Å². The molecule has 0 N–H and O–H groups in total. The van der Waals surface area contributed by atoms with Crippen molar-refractivity contribution in [1.82, 2.24) is 0 Å². The second-order valence-electron chi connectivity index (χ2n) is 10.9. The standard InChI is InChI=1S/C30H64N/c1-5-8-11-13-15-17-19-21-23-25-27-30-31(4,28-10-7-3)29-26-24-22-20-18-16-14-12-9-6-2/h5-30H2,1-4H3/q+1. The highest BCUT2D eigenvalue weighted by Crippen LogP contribution is 2.16. The van der Waals surface area contributed by atoms with Crippen LogP contribution in [0, 0.1) is 0 Å². The van der Waals surface area contributed by atoms with E-state index < -0.39 is 0 Å². The Balaban J connectivity index is 3.70. The number of hydrogen-bond acceptors (Lipinski definition) is 0. The molecule has 1 unspecified atom stereocenters. The topological polar surface area (TPSA) is 0 Å². The quantitative estimate of drug-likeness (QED) is 0.0930. The monoisotopic (exact) mass is 439 g/mol. The maximum absolute atomic E-state index is 2.56. The Morgan fingerprint density at radius 2 is 0.516 bits per heavy atom. The molecule has 1 nitrogen and oxygen atoms in total. The fourth-order valence-electron chi connectivity index (χ4n) is 5.01. The van der Waals surface area contributed by atoms with Crippen LogP contribution < -0.4 is 0 Å². The molecule has 0 fully saturated rings. The number of quaternary nitrogens is 1. The first-order valence-corrected chi connectivity index (χ1v) is 15.0. The van der Waals surface area contributed by atoms with Crippen LogP contribution in [0.3, 0.4) is 0 Å². The lowest BCUT2D eigenvalue weighted by Gasteiger charge is -2.35. The number of unbranched alkanes of at least 4 members (excludes halogenated alkanes) is 20. The van der Waals surface area contributed by atoms with Crippen LogP contribution >= 0.6 is 0 Å². The molecule has 0 bridgehead atoms. The van der Waals surface area contributed by atoms with E-state index >= 15 is 0 Å². The van der Waals surface area contributed by atoms with E-state index in [2.05, 4.69) is 27.8 Å². The van der Waals surface area contributed by atoms with E-state index in [-0.39, 0.29) is 0 Å². The largest absolute Gasteiger partial charge is 0.326 e. The Bertz CT molecular complexity index is 326. The molecule has 0 spiro atoms. The van der Waals surface area contributed by atoms with Crippen molar-refractivity contribution >= 4 is 0 Å². The van der Waals surface area contributed by atoms with Gasteiger partial charge in [0.05, 0.1) is 26.7 Å². The summed E-state index contributed by atoms with van der Waals surface area (Å²) in [7, 11) is 2.56. The van der Waals surface area contributed by atoms with Crippen LogP contribution in [0.4, 0.5) is 0 Å². The molecule has 0 saturated heterocycles. The molecule has 188 valence electrons. The van der Waals surface area contributed by atoms with E-state index in [1.165, 1.54) is 172 Å². The van der Waals surface area contributed by atoms with Gasteiger partial charge in [0.1, 0.15) is 0 Å². The van der Waals surface area contributed by atoms with E-state index in [4.69, 9.17) is 0 Å². The predicted octanol–water partition coefficient (Wildman–Crippen LogP) is 10.5. The van der Waals surface area contributed by atoms with Crippen molar-refractivity contribution in [3.05, 3.63) is 0 Å². The molecule has 0 aliphatic heterocycles. The first kappa shape index (κ1) is 31.0. The number of nitrogens with zero attached hydrogens (tertiary/aromatic N) is 1. The Morgan fingerprint density at radius 1 is 0.290 bits per heavy atom. The van der Waals surface area contributed by atoms with Gasteiger partial charge in [-0.25, -0.2) is 0 Å². The van der Waals surface area contributed by atoms with Gasteiger partial charge in [0.25, 0.3) is 0 Å². The highest BCUT2D eigenvalue weighted by Gasteiger charge is 2.19. The van der Waals surface area contributed by atoms with Crippen LogP contribution in [-0.2, 0) is 0 Å². The lowest BCUT2D eigenvalue weighted by Crippen LogP contribution is -2.46. The minimum absolute atomic E-state index is 1.35. The third kappa shape index (κ3) is 22.9. The van der Waals surface area contributed by atoms with Gasteiger partial charge in [-0.15, -0.1) is 0 Å². The normalized spacial score (nSPS) is 13.5. The maximum Gasteiger partial charge on any atom is 0.0784 e. The minimum Gasteiger partial charge on any atom is -0.326 e. The summed E-state index contributed by atoms with van der Waals surface area (Å²) in [6, 6.07) is 0. The zero-order valence-electron chi connectivity index (χ0n) is 22.8. The van der Waals surface area contributed by atoms with Crippen molar-refractivity contribution in [3.8, 4) is 0 Å². The molecule has 0 aromatic heterocycles. The van der Waals surface area contributed by atoms with Crippen LogP contribution in [0.25, 0.3) is 0 Å². The Morgan fingerprint density at radius 3 is 0.806 bits per heavy atom. The summed E-state index contributed by atoms with van der Waals surface area (Å²) in [6.45, 7) is 11.2. The van der Waals surface area contributed by atoms with Gasteiger partial charge in [-0.3, -0.25) is 0 Å². The summed E-state index contributed by atoms with van der Waals surface area (Å²) < 4.78 is 1.35. The van der Waals surface area contributed by atoms with E-state index in [0.717, 1.165) is 0 Å². The fraction of sp³-hybridized carbons (Fsp3) is 1.00. The first-order chi connectivity index (χ1) is 15.2. The third-order valence-electron chi connectivity index (χ3n) is 7.40. The van der Waals surface area contributed by atoms with E-state index in [1.807, 2.05) is 0 Å². The lowest BCUT2D eigenvalue weighted by atomic mass is 10.0. The molecule has 31 heavy (non-hydrogen) atoms. The van der Waals surface area contributed by atoms with Gasteiger partial charge >= 0.3 is 0 Å². The van der Waals surface area contributed by atoms with Crippen LogP contribution in [0.2, 0.25) is 0 Å².